The second-order valence-corrected chi connectivity index (χ2v) is 5.70. The van der Waals surface area contributed by atoms with Crippen molar-refractivity contribution in [2.24, 2.45) is 0 Å². The molecule has 2 aromatic rings. The number of carbonyl (C=O) groups excluding carboxylic acids is 2. The SMILES string of the molecule is COc1ccc(Cl)cc1C(=O)NNC(=O)CCOc1cccc(C)c1. The number of hydrogen-bond acceptors (Lipinski definition) is 4. The van der Waals surface area contributed by atoms with Crippen LogP contribution in [0.25, 0.3) is 0 Å². The van der Waals surface area contributed by atoms with Gasteiger partial charge < -0.3 is 9.47 Å². The highest BCUT2D eigenvalue weighted by Gasteiger charge is 2.13. The maximum Gasteiger partial charge on any atom is 0.273 e. The molecule has 0 saturated heterocycles. The molecule has 25 heavy (non-hydrogen) atoms. The van der Waals surface area contributed by atoms with Crippen molar-refractivity contribution >= 4 is 23.4 Å². The Bertz CT molecular complexity index is 764. The van der Waals surface area contributed by atoms with Crippen LogP contribution in [-0.2, 0) is 4.79 Å². The van der Waals surface area contributed by atoms with E-state index in [0.29, 0.717) is 16.5 Å². The van der Waals surface area contributed by atoms with Gasteiger partial charge in [-0.2, -0.15) is 0 Å². The van der Waals surface area contributed by atoms with Crippen LogP contribution in [0.4, 0.5) is 0 Å². The lowest BCUT2D eigenvalue weighted by atomic mass is 10.2. The summed E-state index contributed by atoms with van der Waals surface area (Å²) in [5.41, 5.74) is 5.96. The van der Waals surface area contributed by atoms with Crippen LogP contribution in [0.2, 0.25) is 5.02 Å². The van der Waals surface area contributed by atoms with Crippen molar-refractivity contribution in [3.05, 3.63) is 58.6 Å². The highest BCUT2D eigenvalue weighted by atomic mass is 35.5. The molecule has 0 aliphatic rings. The van der Waals surface area contributed by atoms with Crippen molar-refractivity contribution in [1.29, 1.82) is 0 Å². The van der Waals surface area contributed by atoms with Crippen molar-refractivity contribution in [3.8, 4) is 11.5 Å². The highest BCUT2D eigenvalue weighted by Crippen LogP contribution is 2.22. The summed E-state index contributed by atoms with van der Waals surface area (Å²) in [7, 11) is 1.45. The van der Waals surface area contributed by atoms with Gasteiger partial charge in [-0.25, -0.2) is 0 Å². The summed E-state index contributed by atoms with van der Waals surface area (Å²) in [6.07, 6.45) is 0.0981. The predicted molar refractivity (Wildman–Crippen MR) is 94.9 cm³/mol. The summed E-state index contributed by atoms with van der Waals surface area (Å²) in [6, 6.07) is 12.2. The Morgan fingerprint density at radius 3 is 2.64 bits per heavy atom. The number of carbonyl (C=O) groups is 2. The second-order valence-electron chi connectivity index (χ2n) is 5.26. The monoisotopic (exact) mass is 362 g/mol. The standard InChI is InChI=1S/C18H19ClN2O4/c1-12-4-3-5-14(10-12)25-9-8-17(22)20-21-18(23)15-11-13(19)6-7-16(15)24-2/h3-7,10-11H,8-9H2,1-2H3,(H,20,22)(H,21,23). The van der Waals surface area contributed by atoms with E-state index in [0.717, 1.165) is 5.56 Å². The van der Waals surface area contributed by atoms with Crippen LogP contribution in [0.5, 0.6) is 11.5 Å². The molecule has 0 heterocycles. The Morgan fingerprint density at radius 1 is 1.12 bits per heavy atom. The molecule has 7 heteroatoms. The van der Waals surface area contributed by atoms with Crippen LogP contribution in [0.1, 0.15) is 22.3 Å². The average Bonchev–Trinajstić information content (AvgIpc) is 2.59. The van der Waals surface area contributed by atoms with Gasteiger partial charge in [0.25, 0.3) is 5.91 Å². The van der Waals surface area contributed by atoms with Crippen molar-refractivity contribution in [1.82, 2.24) is 10.9 Å². The number of aryl methyl sites for hydroxylation is 1. The minimum absolute atomic E-state index is 0.0981. The fraction of sp³-hybridized carbons (Fsp3) is 0.222. The molecule has 0 radical (unpaired) electrons. The molecule has 0 unspecified atom stereocenters. The van der Waals surface area contributed by atoms with Gasteiger partial charge in [0.15, 0.2) is 0 Å². The number of nitrogens with one attached hydrogen (secondary N) is 2. The summed E-state index contributed by atoms with van der Waals surface area (Å²) in [6.45, 7) is 2.16. The van der Waals surface area contributed by atoms with Crippen LogP contribution >= 0.6 is 11.6 Å². The molecular weight excluding hydrogens is 344 g/mol. The fourth-order valence-corrected chi connectivity index (χ4v) is 2.25. The molecule has 0 atom stereocenters. The van der Waals surface area contributed by atoms with Gasteiger partial charge in [0.2, 0.25) is 5.91 Å². The molecule has 2 amide bonds. The first kappa shape index (κ1) is 18.6. The molecule has 0 aliphatic heterocycles. The summed E-state index contributed by atoms with van der Waals surface area (Å²) in [5, 5.41) is 0.392. The van der Waals surface area contributed by atoms with Crippen LogP contribution in [0, 0.1) is 6.92 Å². The van der Waals surface area contributed by atoms with Crippen LogP contribution in [0.3, 0.4) is 0 Å². The van der Waals surface area contributed by atoms with E-state index in [9.17, 15) is 9.59 Å². The molecule has 0 aliphatic carbocycles. The Hall–Kier alpha value is -2.73. The first-order valence-electron chi connectivity index (χ1n) is 7.62. The second kappa shape index (κ2) is 8.94. The third-order valence-electron chi connectivity index (χ3n) is 3.31. The van der Waals surface area contributed by atoms with E-state index in [1.165, 1.54) is 13.2 Å². The number of rotatable bonds is 6. The number of hydrogen-bond donors (Lipinski definition) is 2. The summed E-state index contributed by atoms with van der Waals surface area (Å²) in [4.78, 5) is 23.9. The number of benzene rings is 2. The van der Waals surface area contributed by atoms with E-state index in [4.69, 9.17) is 21.1 Å². The molecule has 0 saturated carbocycles. The van der Waals surface area contributed by atoms with Crippen molar-refractivity contribution in [2.45, 2.75) is 13.3 Å². The summed E-state index contributed by atoms with van der Waals surface area (Å²) >= 11 is 5.88. The van der Waals surface area contributed by atoms with Crippen molar-refractivity contribution in [3.63, 3.8) is 0 Å². The van der Waals surface area contributed by atoms with E-state index in [1.54, 1.807) is 12.1 Å². The van der Waals surface area contributed by atoms with Crippen LogP contribution in [-0.4, -0.2) is 25.5 Å². The van der Waals surface area contributed by atoms with Gasteiger partial charge in [-0.05, 0) is 42.8 Å². The smallest absolute Gasteiger partial charge is 0.273 e. The zero-order chi connectivity index (χ0) is 18.2. The topological polar surface area (TPSA) is 76.7 Å². The lowest BCUT2D eigenvalue weighted by molar-refractivity contribution is -0.122. The lowest BCUT2D eigenvalue weighted by Crippen LogP contribution is -2.42. The summed E-state index contributed by atoms with van der Waals surface area (Å²) < 4.78 is 10.6. The highest BCUT2D eigenvalue weighted by molar-refractivity contribution is 6.31. The maximum atomic E-state index is 12.1. The third-order valence-corrected chi connectivity index (χ3v) is 3.54. The number of halogens is 1. The number of methoxy groups -OCH3 is 1. The molecular formula is C18H19ClN2O4. The molecule has 0 fully saturated rings. The van der Waals surface area contributed by atoms with Crippen molar-refractivity contribution in [2.75, 3.05) is 13.7 Å². The minimum atomic E-state index is -0.521. The van der Waals surface area contributed by atoms with Crippen LogP contribution in [0.15, 0.2) is 42.5 Å². The van der Waals surface area contributed by atoms with E-state index >= 15 is 0 Å². The van der Waals surface area contributed by atoms with Gasteiger partial charge >= 0.3 is 0 Å². The molecule has 0 spiro atoms. The Kier molecular flexibility index (Phi) is 6.65. The van der Waals surface area contributed by atoms with Gasteiger partial charge in [-0.15, -0.1) is 0 Å². The molecule has 2 aromatic carbocycles. The number of hydrazine groups is 1. The Labute approximate surface area is 151 Å². The molecule has 132 valence electrons. The Morgan fingerprint density at radius 2 is 1.92 bits per heavy atom. The van der Waals surface area contributed by atoms with Gasteiger partial charge in [0.1, 0.15) is 11.5 Å². The first-order chi connectivity index (χ1) is 12.0. The molecule has 2 N–H and O–H groups in total. The van der Waals surface area contributed by atoms with Crippen molar-refractivity contribution < 1.29 is 19.1 Å². The zero-order valence-electron chi connectivity index (χ0n) is 14.0. The molecule has 0 bridgehead atoms. The summed E-state index contributed by atoms with van der Waals surface area (Å²) in [5.74, 6) is 0.161. The molecule has 6 nitrogen and oxygen atoms in total. The maximum absolute atomic E-state index is 12.1. The first-order valence-corrected chi connectivity index (χ1v) is 7.99. The van der Waals surface area contributed by atoms with Crippen LogP contribution < -0.4 is 20.3 Å². The molecule has 2 rings (SSSR count). The lowest BCUT2D eigenvalue weighted by Gasteiger charge is -2.11. The van der Waals surface area contributed by atoms with E-state index in [2.05, 4.69) is 10.9 Å². The van der Waals surface area contributed by atoms with Gasteiger partial charge in [-0.3, -0.25) is 20.4 Å². The minimum Gasteiger partial charge on any atom is -0.496 e. The van der Waals surface area contributed by atoms with E-state index < -0.39 is 5.91 Å². The fourth-order valence-electron chi connectivity index (χ4n) is 2.08. The van der Waals surface area contributed by atoms with E-state index in [-0.39, 0.29) is 24.5 Å². The normalized spacial score (nSPS) is 10.0. The zero-order valence-corrected chi connectivity index (χ0v) is 14.7. The quantitative estimate of drug-likeness (QED) is 0.775. The van der Waals surface area contributed by atoms with Gasteiger partial charge in [-0.1, -0.05) is 23.7 Å². The largest absolute Gasteiger partial charge is 0.496 e. The predicted octanol–water partition coefficient (Wildman–Crippen LogP) is 2.89. The molecule has 0 aromatic heterocycles. The Balaban J connectivity index is 1.80. The number of amides is 2. The van der Waals surface area contributed by atoms with E-state index in [1.807, 2.05) is 31.2 Å². The van der Waals surface area contributed by atoms with Gasteiger partial charge in [0, 0.05) is 5.02 Å². The van der Waals surface area contributed by atoms with Gasteiger partial charge in [0.05, 0.1) is 25.7 Å². The third kappa shape index (κ3) is 5.69. The number of ether oxygens (including phenoxy) is 2. The average molecular weight is 363 g/mol.